The van der Waals surface area contributed by atoms with Crippen LogP contribution in [-0.4, -0.2) is 61.1 Å². The summed E-state index contributed by atoms with van der Waals surface area (Å²) in [5.74, 6) is 1.63. The van der Waals surface area contributed by atoms with Gasteiger partial charge in [0.1, 0.15) is 0 Å². The van der Waals surface area contributed by atoms with Crippen LogP contribution in [-0.2, 0) is 16.0 Å². The predicted molar refractivity (Wildman–Crippen MR) is 114 cm³/mol. The average Bonchev–Trinajstić information content (AvgIpc) is 3.22. The normalized spacial score (nSPS) is 15.8. The van der Waals surface area contributed by atoms with E-state index in [1.165, 1.54) is 0 Å². The van der Waals surface area contributed by atoms with E-state index in [4.69, 9.17) is 9.47 Å². The van der Waals surface area contributed by atoms with Crippen LogP contribution in [0.5, 0.6) is 11.5 Å². The van der Waals surface area contributed by atoms with Gasteiger partial charge in [0.2, 0.25) is 18.6 Å². The number of benzene rings is 2. The van der Waals surface area contributed by atoms with Crippen molar-refractivity contribution in [2.24, 2.45) is 0 Å². The van der Waals surface area contributed by atoms with Crippen LogP contribution in [0.3, 0.4) is 0 Å². The van der Waals surface area contributed by atoms with Gasteiger partial charge in [-0.2, -0.15) is 0 Å². The Bertz CT molecular complexity index is 905. The third-order valence-corrected chi connectivity index (χ3v) is 5.49. The molecule has 0 saturated carbocycles. The second kappa shape index (κ2) is 9.17. The second-order valence-electron chi connectivity index (χ2n) is 7.76. The first-order valence-electron chi connectivity index (χ1n) is 10.3. The predicted octanol–water partition coefficient (Wildman–Crippen LogP) is 2.44. The van der Waals surface area contributed by atoms with E-state index >= 15 is 0 Å². The number of rotatable bonds is 6. The van der Waals surface area contributed by atoms with Crippen molar-refractivity contribution in [1.82, 2.24) is 9.80 Å². The highest BCUT2D eigenvalue weighted by Gasteiger charge is 2.22. The van der Waals surface area contributed by atoms with E-state index in [0.717, 1.165) is 28.3 Å². The van der Waals surface area contributed by atoms with Crippen LogP contribution in [0, 0.1) is 6.92 Å². The maximum absolute atomic E-state index is 12.6. The van der Waals surface area contributed by atoms with E-state index in [9.17, 15) is 9.59 Å². The zero-order valence-corrected chi connectivity index (χ0v) is 17.2. The molecule has 0 unspecified atom stereocenters. The fourth-order valence-corrected chi connectivity index (χ4v) is 3.70. The number of hydrogen-bond acceptors (Lipinski definition) is 5. The number of nitrogens with zero attached hydrogens (tertiary/aromatic N) is 2. The molecule has 7 heteroatoms. The van der Waals surface area contributed by atoms with Crippen LogP contribution in [0.25, 0.3) is 0 Å². The molecule has 7 nitrogen and oxygen atoms in total. The molecule has 4 rings (SSSR count). The molecule has 1 N–H and O–H groups in total. The van der Waals surface area contributed by atoms with Crippen molar-refractivity contribution in [3.8, 4) is 11.5 Å². The standard InChI is InChI=1S/C23H27N3O4/c1-17-2-6-19(7-3-17)24-22(27)15-25-10-12-26(13-11-25)23(28)9-5-18-4-8-20-21(14-18)30-16-29-20/h2-4,6-8,14H,5,9-13,15-16H2,1H3,(H,24,27). The van der Waals surface area contributed by atoms with Crippen molar-refractivity contribution >= 4 is 17.5 Å². The summed E-state index contributed by atoms with van der Waals surface area (Å²) in [5.41, 5.74) is 3.04. The third-order valence-electron chi connectivity index (χ3n) is 5.49. The molecule has 1 saturated heterocycles. The molecule has 2 amide bonds. The van der Waals surface area contributed by atoms with E-state index in [0.29, 0.717) is 45.6 Å². The molecule has 2 heterocycles. The summed E-state index contributed by atoms with van der Waals surface area (Å²) in [6.07, 6.45) is 1.14. The van der Waals surface area contributed by atoms with Gasteiger partial charge in [0.15, 0.2) is 11.5 Å². The van der Waals surface area contributed by atoms with E-state index in [-0.39, 0.29) is 18.6 Å². The number of carbonyl (C=O) groups excluding carboxylic acids is 2. The lowest BCUT2D eigenvalue weighted by Gasteiger charge is -2.34. The van der Waals surface area contributed by atoms with Gasteiger partial charge >= 0.3 is 0 Å². The van der Waals surface area contributed by atoms with Crippen LogP contribution in [0.15, 0.2) is 42.5 Å². The summed E-state index contributed by atoms with van der Waals surface area (Å²) < 4.78 is 10.7. The summed E-state index contributed by atoms with van der Waals surface area (Å²) in [6.45, 7) is 5.32. The van der Waals surface area contributed by atoms with Crippen LogP contribution >= 0.6 is 0 Å². The second-order valence-corrected chi connectivity index (χ2v) is 7.76. The van der Waals surface area contributed by atoms with Crippen molar-refractivity contribution in [1.29, 1.82) is 0 Å². The zero-order valence-electron chi connectivity index (χ0n) is 17.2. The van der Waals surface area contributed by atoms with Crippen molar-refractivity contribution in [3.05, 3.63) is 53.6 Å². The van der Waals surface area contributed by atoms with Gasteiger partial charge in [-0.05, 0) is 43.2 Å². The van der Waals surface area contributed by atoms with Gasteiger partial charge < -0.3 is 19.7 Å². The Labute approximate surface area is 176 Å². The average molecular weight is 409 g/mol. The summed E-state index contributed by atoms with van der Waals surface area (Å²) in [5, 5.41) is 2.93. The SMILES string of the molecule is Cc1ccc(NC(=O)CN2CCN(C(=O)CCc3ccc4c(c3)OCO4)CC2)cc1. The summed E-state index contributed by atoms with van der Waals surface area (Å²) in [6, 6.07) is 13.6. The summed E-state index contributed by atoms with van der Waals surface area (Å²) in [7, 11) is 0. The van der Waals surface area contributed by atoms with Gasteiger partial charge in [-0.25, -0.2) is 0 Å². The van der Waals surface area contributed by atoms with Gasteiger partial charge in [0, 0.05) is 38.3 Å². The maximum Gasteiger partial charge on any atom is 0.238 e. The Morgan fingerprint density at radius 3 is 2.47 bits per heavy atom. The molecule has 0 spiro atoms. The highest BCUT2D eigenvalue weighted by Crippen LogP contribution is 2.32. The molecule has 30 heavy (non-hydrogen) atoms. The number of nitrogens with one attached hydrogen (secondary N) is 1. The maximum atomic E-state index is 12.6. The van der Waals surface area contributed by atoms with Crippen LogP contribution in [0.1, 0.15) is 17.5 Å². The molecule has 0 radical (unpaired) electrons. The first kappa shape index (κ1) is 20.2. The largest absolute Gasteiger partial charge is 0.454 e. The Hall–Kier alpha value is -3.06. The van der Waals surface area contributed by atoms with Gasteiger partial charge in [-0.15, -0.1) is 0 Å². The first-order chi connectivity index (χ1) is 14.6. The summed E-state index contributed by atoms with van der Waals surface area (Å²) >= 11 is 0. The van der Waals surface area contributed by atoms with E-state index in [1.807, 2.05) is 54.3 Å². The first-order valence-corrected chi connectivity index (χ1v) is 10.3. The molecule has 0 aromatic heterocycles. The topological polar surface area (TPSA) is 71.1 Å². The Kier molecular flexibility index (Phi) is 6.18. The minimum Gasteiger partial charge on any atom is -0.454 e. The van der Waals surface area contributed by atoms with Crippen LogP contribution in [0.4, 0.5) is 5.69 Å². The number of anilines is 1. The van der Waals surface area contributed by atoms with Crippen molar-refractivity contribution in [3.63, 3.8) is 0 Å². The van der Waals surface area contributed by atoms with Crippen molar-refractivity contribution in [2.75, 3.05) is 44.8 Å². The fraction of sp³-hybridized carbons (Fsp3) is 0.391. The smallest absolute Gasteiger partial charge is 0.238 e. The lowest BCUT2D eigenvalue weighted by molar-refractivity contribution is -0.133. The zero-order chi connectivity index (χ0) is 20.9. The number of ether oxygens (including phenoxy) is 2. The fourth-order valence-electron chi connectivity index (χ4n) is 3.70. The number of amides is 2. The number of aryl methyl sites for hydroxylation is 2. The van der Waals surface area contributed by atoms with E-state index < -0.39 is 0 Å². The number of piperazine rings is 1. The number of hydrogen-bond donors (Lipinski definition) is 1. The lowest BCUT2D eigenvalue weighted by Crippen LogP contribution is -2.50. The Balaban J connectivity index is 1.18. The van der Waals surface area contributed by atoms with Crippen molar-refractivity contribution in [2.45, 2.75) is 19.8 Å². The Morgan fingerprint density at radius 2 is 1.70 bits per heavy atom. The van der Waals surface area contributed by atoms with E-state index in [1.54, 1.807) is 0 Å². The van der Waals surface area contributed by atoms with Gasteiger partial charge in [-0.1, -0.05) is 23.8 Å². The molecule has 2 aliphatic heterocycles. The monoisotopic (exact) mass is 409 g/mol. The summed E-state index contributed by atoms with van der Waals surface area (Å²) in [4.78, 5) is 28.8. The van der Waals surface area contributed by atoms with Gasteiger partial charge in [0.05, 0.1) is 6.54 Å². The molecule has 2 aliphatic rings. The molecule has 158 valence electrons. The molecule has 0 atom stereocenters. The quantitative estimate of drug-likeness (QED) is 0.794. The minimum atomic E-state index is -0.0264. The molecule has 0 aliphatic carbocycles. The third kappa shape index (κ3) is 5.10. The van der Waals surface area contributed by atoms with E-state index in [2.05, 4.69) is 10.2 Å². The highest BCUT2D eigenvalue weighted by atomic mass is 16.7. The van der Waals surface area contributed by atoms with Crippen LogP contribution < -0.4 is 14.8 Å². The Morgan fingerprint density at radius 1 is 0.967 bits per heavy atom. The number of fused-ring (bicyclic) bond motifs is 1. The molecule has 2 aromatic carbocycles. The molecular formula is C23H27N3O4. The molecule has 1 fully saturated rings. The van der Waals surface area contributed by atoms with Crippen LogP contribution in [0.2, 0.25) is 0 Å². The van der Waals surface area contributed by atoms with Gasteiger partial charge in [-0.3, -0.25) is 14.5 Å². The highest BCUT2D eigenvalue weighted by molar-refractivity contribution is 5.92. The molecule has 0 bridgehead atoms. The number of carbonyl (C=O) groups is 2. The van der Waals surface area contributed by atoms with Crippen molar-refractivity contribution < 1.29 is 19.1 Å². The van der Waals surface area contributed by atoms with Gasteiger partial charge in [0.25, 0.3) is 0 Å². The lowest BCUT2D eigenvalue weighted by atomic mass is 10.1. The minimum absolute atomic E-state index is 0.0264. The molecule has 2 aromatic rings. The molecular weight excluding hydrogens is 382 g/mol.